The fraction of sp³-hybridized carbons (Fsp3) is 0.176. The van der Waals surface area contributed by atoms with Crippen LogP contribution in [0.5, 0.6) is 11.5 Å². The highest BCUT2D eigenvalue weighted by molar-refractivity contribution is 7.09. The number of hydrogen-bond donors (Lipinski definition) is 1. The van der Waals surface area contributed by atoms with Crippen LogP contribution in [-0.4, -0.2) is 20.1 Å². The first-order valence-corrected chi connectivity index (χ1v) is 7.70. The van der Waals surface area contributed by atoms with E-state index < -0.39 is 5.91 Å². The highest BCUT2D eigenvalue weighted by Gasteiger charge is 2.11. The standard InChI is InChI=1S/C17H16N2O3S/c1-21-14-6-5-12(16(9-14)22-2)8-13(10-18)17(20)19-11-15-4-3-7-23-15/h3-9H,11H2,1-2H3,(H,19,20)/b13-8+. The van der Waals surface area contributed by atoms with Crippen molar-refractivity contribution in [2.75, 3.05) is 14.2 Å². The topological polar surface area (TPSA) is 71.3 Å². The van der Waals surface area contributed by atoms with Gasteiger partial charge >= 0.3 is 0 Å². The van der Waals surface area contributed by atoms with Crippen molar-refractivity contribution in [2.24, 2.45) is 0 Å². The Labute approximate surface area is 138 Å². The number of carbonyl (C=O) groups is 1. The monoisotopic (exact) mass is 328 g/mol. The summed E-state index contributed by atoms with van der Waals surface area (Å²) in [5, 5.41) is 13.9. The Morgan fingerprint density at radius 2 is 2.17 bits per heavy atom. The first kappa shape index (κ1) is 16.6. The quantitative estimate of drug-likeness (QED) is 0.653. The zero-order chi connectivity index (χ0) is 16.7. The van der Waals surface area contributed by atoms with Crippen LogP contribution >= 0.6 is 11.3 Å². The second kappa shape index (κ2) is 8.01. The summed E-state index contributed by atoms with van der Waals surface area (Å²) >= 11 is 1.55. The third-order valence-electron chi connectivity index (χ3n) is 3.11. The van der Waals surface area contributed by atoms with Crippen molar-refractivity contribution in [1.29, 1.82) is 5.26 Å². The molecule has 1 amide bonds. The first-order valence-electron chi connectivity index (χ1n) is 6.82. The summed E-state index contributed by atoms with van der Waals surface area (Å²) in [5.41, 5.74) is 0.654. The minimum Gasteiger partial charge on any atom is -0.497 e. The molecule has 1 heterocycles. The molecule has 0 unspecified atom stereocenters. The van der Waals surface area contributed by atoms with Crippen LogP contribution in [0.2, 0.25) is 0 Å². The van der Waals surface area contributed by atoms with Gasteiger partial charge in [0.05, 0.1) is 20.8 Å². The molecule has 0 aliphatic carbocycles. The van der Waals surface area contributed by atoms with E-state index in [1.54, 1.807) is 36.6 Å². The second-order valence-corrected chi connectivity index (χ2v) is 5.57. The van der Waals surface area contributed by atoms with Crippen molar-refractivity contribution < 1.29 is 14.3 Å². The largest absolute Gasteiger partial charge is 0.497 e. The summed E-state index contributed by atoms with van der Waals surface area (Å²) in [7, 11) is 3.08. The molecule has 23 heavy (non-hydrogen) atoms. The Balaban J connectivity index is 2.17. The molecule has 1 aromatic heterocycles. The number of nitrogens with zero attached hydrogens (tertiary/aromatic N) is 1. The van der Waals surface area contributed by atoms with E-state index in [1.165, 1.54) is 13.2 Å². The van der Waals surface area contributed by atoms with Crippen LogP contribution in [0.25, 0.3) is 6.08 Å². The number of ether oxygens (including phenoxy) is 2. The number of amides is 1. The zero-order valence-corrected chi connectivity index (χ0v) is 13.6. The number of methoxy groups -OCH3 is 2. The van der Waals surface area contributed by atoms with Gasteiger partial charge in [-0.25, -0.2) is 0 Å². The number of nitrogens with one attached hydrogen (secondary N) is 1. The molecule has 5 nitrogen and oxygen atoms in total. The van der Waals surface area contributed by atoms with Gasteiger partial charge < -0.3 is 14.8 Å². The lowest BCUT2D eigenvalue weighted by Crippen LogP contribution is -2.23. The van der Waals surface area contributed by atoms with Crippen molar-refractivity contribution in [2.45, 2.75) is 6.54 Å². The van der Waals surface area contributed by atoms with Gasteiger partial charge in [0.2, 0.25) is 0 Å². The van der Waals surface area contributed by atoms with Gasteiger partial charge in [-0.15, -0.1) is 11.3 Å². The van der Waals surface area contributed by atoms with E-state index >= 15 is 0 Å². The minimum absolute atomic E-state index is 0.0185. The predicted octanol–water partition coefficient (Wildman–Crippen LogP) is 2.99. The maximum absolute atomic E-state index is 12.1. The van der Waals surface area contributed by atoms with Crippen molar-refractivity contribution in [1.82, 2.24) is 5.32 Å². The molecule has 0 fully saturated rings. The smallest absolute Gasteiger partial charge is 0.262 e. The number of hydrogen-bond acceptors (Lipinski definition) is 5. The third kappa shape index (κ3) is 4.34. The van der Waals surface area contributed by atoms with E-state index in [0.29, 0.717) is 23.6 Å². The average molecular weight is 328 g/mol. The van der Waals surface area contributed by atoms with E-state index in [-0.39, 0.29) is 5.57 Å². The molecule has 0 spiro atoms. The minimum atomic E-state index is -0.418. The van der Waals surface area contributed by atoms with E-state index in [9.17, 15) is 10.1 Å². The first-order chi connectivity index (χ1) is 11.2. The molecule has 0 bridgehead atoms. The normalized spacial score (nSPS) is 10.7. The van der Waals surface area contributed by atoms with Gasteiger partial charge in [-0.05, 0) is 29.7 Å². The lowest BCUT2D eigenvalue weighted by molar-refractivity contribution is -0.117. The lowest BCUT2D eigenvalue weighted by atomic mass is 10.1. The molecule has 0 saturated carbocycles. The van der Waals surface area contributed by atoms with Crippen molar-refractivity contribution in [3.8, 4) is 17.6 Å². The van der Waals surface area contributed by atoms with Crippen LogP contribution in [0.4, 0.5) is 0 Å². The van der Waals surface area contributed by atoms with Gasteiger partial charge in [-0.3, -0.25) is 4.79 Å². The highest BCUT2D eigenvalue weighted by atomic mass is 32.1. The number of nitriles is 1. The van der Waals surface area contributed by atoms with Crippen molar-refractivity contribution >= 4 is 23.3 Å². The predicted molar refractivity (Wildman–Crippen MR) is 89.3 cm³/mol. The van der Waals surface area contributed by atoms with Crippen LogP contribution in [0.1, 0.15) is 10.4 Å². The van der Waals surface area contributed by atoms with Gasteiger partial charge in [0, 0.05) is 16.5 Å². The Morgan fingerprint density at radius 3 is 2.78 bits per heavy atom. The fourth-order valence-corrected chi connectivity index (χ4v) is 2.56. The Kier molecular flexibility index (Phi) is 5.78. The van der Waals surface area contributed by atoms with Crippen LogP contribution in [0, 0.1) is 11.3 Å². The van der Waals surface area contributed by atoms with Crippen LogP contribution in [-0.2, 0) is 11.3 Å². The second-order valence-electron chi connectivity index (χ2n) is 4.54. The summed E-state index contributed by atoms with van der Waals surface area (Å²) in [4.78, 5) is 13.2. The molecule has 0 radical (unpaired) electrons. The molecule has 2 aromatic rings. The fourth-order valence-electron chi connectivity index (χ4n) is 1.92. The molecule has 2 rings (SSSR count). The molecule has 0 atom stereocenters. The number of rotatable bonds is 6. The Hall–Kier alpha value is -2.78. The van der Waals surface area contributed by atoms with Crippen molar-refractivity contribution in [3.05, 3.63) is 51.7 Å². The lowest BCUT2D eigenvalue weighted by Gasteiger charge is -2.08. The van der Waals surface area contributed by atoms with E-state index in [1.807, 2.05) is 23.6 Å². The van der Waals surface area contributed by atoms with E-state index in [0.717, 1.165) is 4.88 Å². The maximum atomic E-state index is 12.1. The van der Waals surface area contributed by atoms with E-state index in [2.05, 4.69) is 5.32 Å². The molecular formula is C17H16N2O3S. The Morgan fingerprint density at radius 1 is 1.35 bits per heavy atom. The van der Waals surface area contributed by atoms with Gasteiger partial charge in [-0.1, -0.05) is 6.07 Å². The molecular weight excluding hydrogens is 312 g/mol. The SMILES string of the molecule is COc1ccc(/C=C(\C#N)C(=O)NCc2cccs2)c(OC)c1. The van der Waals surface area contributed by atoms with Gasteiger partial charge in [-0.2, -0.15) is 5.26 Å². The summed E-state index contributed by atoms with van der Waals surface area (Å²) in [6.45, 7) is 0.398. The van der Waals surface area contributed by atoms with Crippen molar-refractivity contribution in [3.63, 3.8) is 0 Å². The third-order valence-corrected chi connectivity index (χ3v) is 3.99. The Bertz CT molecular complexity index is 746. The molecule has 0 aliphatic rings. The summed E-state index contributed by atoms with van der Waals surface area (Å²) in [5.74, 6) is 0.751. The molecule has 6 heteroatoms. The zero-order valence-electron chi connectivity index (χ0n) is 12.8. The number of carbonyl (C=O) groups excluding carboxylic acids is 1. The van der Waals surface area contributed by atoms with Crippen LogP contribution in [0.3, 0.4) is 0 Å². The van der Waals surface area contributed by atoms with Crippen LogP contribution in [0.15, 0.2) is 41.3 Å². The summed E-state index contributed by atoms with van der Waals surface area (Å²) in [6, 6.07) is 10.9. The average Bonchev–Trinajstić information content (AvgIpc) is 3.11. The number of benzene rings is 1. The van der Waals surface area contributed by atoms with Gasteiger partial charge in [0.1, 0.15) is 23.1 Å². The molecule has 118 valence electrons. The molecule has 1 N–H and O–H groups in total. The summed E-state index contributed by atoms with van der Waals surface area (Å²) in [6.07, 6.45) is 1.50. The molecule has 0 aliphatic heterocycles. The van der Waals surface area contributed by atoms with Gasteiger partial charge in [0.15, 0.2) is 0 Å². The molecule has 0 saturated heterocycles. The highest BCUT2D eigenvalue weighted by Crippen LogP contribution is 2.26. The summed E-state index contributed by atoms with van der Waals surface area (Å²) < 4.78 is 10.4. The molecule has 1 aromatic carbocycles. The maximum Gasteiger partial charge on any atom is 0.262 e. The van der Waals surface area contributed by atoms with Gasteiger partial charge in [0.25, 0.3) is 5.91 Å². The van der Waals surface area contributed by atoms with E-state index in [4.69, 9.17) is 9.47 Å². The number of thiophene rings is 1. The van der Waals surface area contributed by atoms with Crippen LogP contribution < -0.4 is 14.8 Å².